The van der Waals surface area contributed by atoms with Crippen molar-refractivity contribution in [2.75, 3.05) is 5.75 Å². The van der Waals surface area contributed by atoms with E-state index in [9.17, 15) is 4.79 Å². The van der Waals surface area contributed by atoms with Gasteiger partial charge in [0.15, 0.2) is 6.29 Å². The number of aromatic nitrogens is 1. The Labute approximate surface area is 82.8 Å². The van der Waals surface area contributed by atoms with Gasteiger partial charge in [0.05, 0.1) is 0 Å². The molecule has 13 heavy (non-hydrogen) atoms. The first-order chi connectivity index (χ1) is 6.36. The minimum Gasteiger partial charge on any atom is -0.298 e. The van der Waals surface area contributed by atoms with Crippen molar-refractivity contribution in [1.29, 1.82) is 0 Å². The zero-order chi connectivity index (χ0) is 9.52. The highest BCUT2D eigenvalue weighted by atomic mass is 32.1. The van der Waals surface area contributed by atoms with E-state index in [-0.39, 0.29) is 0 Å². The van der Waals surface area contributed by atoms with Crippen molar-refractivity contribution in [1.82, 2.24) is 4.98 Å². The van der Waals surface area contributed by atoms with Gasteiger partial charge in [0.2, 0.25) is 0 Å². The number of carbonyl (C=O) groups excluding carboxylic acids is 1. The van der Waals surface area contributed by atoms with Crippen LogP contribution in [0.1, 0.15) is 22.3 Å². The largest absolute Gasteiger partial charge is 0.298 e. The highest BCUT2D eigenvalue weighted by Crippen LogP contribution is 1.98. The predicted octanol–water partition coefficient (Wildman–Crippen LogP) is 1.57. The molecule has 0 radical (unpaired) electrons. The summed E-state index contributed by atoms with van der Waals surface area (Å²) < 4.78 is 0. The molecule has 0 spiro atoms. The molecule has 0 aliphatic carbocycles. The van der Waals surface area contributed by atoms with Crippen molar-refractivity contribution in [3.05, 3.63) is 29.6 Å². The van der Waals surface area contributed by atoms with E-state index >= 15 is 0 Å². The zero-order valence-electron chi connectivity index (χ0n) is 7.03. The summed E-state index contributed by atoms with van der Waals surface area (Å²) in [6, 6.07) is 1.71. The van der Waals surface area contributed by atoms with Crippen LogP contribution in [0.3, 0.4) is 0 Å². The average Bonchev–Trinajstić information content (AvgIpc) is 2.19. The molecule has 1 heterocycles. The van der Waals surface area contributed by atoms with Gasteiger partial charge in [-0.25, -0.2) is 0 Å². The minimum atomic E-state index is 0.553. The molecule has 0 atom stereocenters. The van der Waals surface area contributed by atoms with Crippen LogP contribution in [0.4, 0.5) is 0 Å². The van der Waals surface area contributed by atoms with Gasteiger partial charge < -0.3 is 0 Å². The van der Waals surface area contributed by atoms with Gasteiger partial charge in [-0.2, -0.15) is 12.6 Å². The van der Waals surface area contributed by atoms with Gasteiger partial charge in [0.1, 0.15) is 0 Å². The van der Waals surface area contributed by atoms with E-state index in [0.717, 1.165) is 24.0 Å². The van der Waals surface area contributed by atoms with Crippen LogP contribution in [-0.4, -0.2) is 17.0 Å². The fourth-order valence-electron chi connectivity index (χ4n) is 0.811. The van der Waals surface area contributed by atoms with E-state index in [4.69, 9.17) is 0 Å². The maximum atomic E-state index is 10.4. The first-order valence-corrected chi connectivity index (χ1v) is 4.50. The van der Waals surface area contributed by atoms with Crippen LogP contribution in [-0.2, 0) is 0 Å². The van der Waals surface area contributed by atoms with E-state index in [2.05, 4.69) is 29.5 Å². The summed E-state index contributed by atoms with van der Waals surface area (Å²) in [7, 11) is 0. The molecule has 0 bridgehead atoms. The fourth-order valence-corrected chi connectivity index (χ4v) is 0.923. The molecule has 0 fully saturated rings. The molecule has 0 aliphatic rings. The summed E-state index contributed by atoms with van der Waals surface area (Å²) >= 11 is 4.03. The van der Waals surface area contributed by atoms with Gasteiger partial charge >= 0.3 is 0 Å². The van der Waals surface area contributed by atoms with Crippen molar-refractivity contribution < 1.29 is 4.79 Å². The maximum absolute atomic E-state index is 10.4. The van der Waals surface area contributed by atoms with Crippen molar-refractivity contribution in [3.8, 4) is 11.8 Å². The topological polar surface area (TPSA) is 30.0 Å². The van der Waals surface area contributed by atoms with E-state index in [1.165, 1.54) is 6.20 Å². The molecule has 0 aliphatic heterocycles. The second-order valence-corrected chi connectivity index (χ2v) is 2.85. The fraction of sp³-hybridized carbons (Fsp3) is 0.200. The number of pyridine rings is 1. The Morgan fingerprint density at radius 1 is 1.54 bits per heavy atom. The third-order valence-corrected chi connectivity index (χ3v) is 1.59. The second kappa shape index (κ2) is 5.39. The quantitative estimate of drug-likeness (QED) is 0.437. The highest BCUT2D eigenvalue weighted by molar-refractivity contribution is 7.80. The van der Waals surface area contributed by atoms with Crippen LogP contribution in [0.15, 0.2) is 18.5 Å². The number of rotatable bonds is 2. The van der Waals surface area contributed by atoms with Gasteiger partial charge in [-0.05, 0) is 6.07 Å². The van der Waals surface area contributed by atoms with Crippen LogP contribution in [0, 0.1) is 11.8 Å². The zero-order valence-corrected chi connectivity index (χ0v) is 7.92. The smallest absolute Gasteiger partial charge is 0.151 e. The number of thiol groups is 1. The molecule has 0 saturated heterocycles. The Kier molecular flexibility index (Phi) is 4.07. The van der Waals surface area contributed by atoms with Crippen LogP contribution in [0.5, 0.6) is 0 Å². The van der Waals surface area contributed by atoms with E-state index < -0.39 is 0 Å². The first-order valence-electron chi connectivity index (χ1n) is 3.87. The van der Waals surface area contributed by atoms with Crippen molar-refractivity contribution >= 4 is 18.9 Å². The monoisotopic (exact) mass is 191 g/mol. The number of aldehydes is 1. The Balaban J connectivity index is 2.79. The number of hydrogen-bond acceptors (Lipinski definition) is 3. The molecular formula is C10H9NOS. The average molecular weight is 191 g/mol. The first kappa shape index (κ1) is 9.82. The molecule has 0 N–H and O–H groups in total. The van der Waals surface area contributed by atoms with E-state index in [0.29, 0.717) is 5.56 Å². The lowest BCUT2D eigenvalue weighted by molar-refractivity contribution is 0.112. The number of nitrogens with zero attached hydrogens (tertiary/aromatic N) is 1. The molecule has 1 aromatic rings. The Morgan fingerprint density at radius 2 is 2.38 bits per heavy atom. The van der Waals surface area contributed by atoms with E-state index in [1.807, 2.05) is 0 Å². The van der Waals surface area contributed by atoms with Crippen LogP contribution in [0.2, 0.25) is 0 Å². The Bertz CT molecular complexity index is 351. The summed E-state index contributed by atoms with van der Waals surface area (Å²) in [5.74, 6) is 6.56. The molecular weight excluding hydrogens is 182 g/mol. The molecule has 0 unspecified atom stereocenters. The summed E-state index contributed by atoms with van der Waals surface area (Å²) in [6.07, 6.45) is 4.65. The number of hydrogen-bond donors (Lipinski definition) is 1. The highest BCUT2D eigenvalue weighted by Gasteiger charge is 1.90. The van der Waals surface area contributed by atoms with Gasteiger partial charge in [-0.1, -0.05) is 11.8 Å². The Hall–Kier alpha value is -1.27. The predicted molar refractivity (Wildman–Crippen MR) is 55.0 cm³/mol. The lowest BCUT2D eigenvalue weighted by atomic mass is 10.2. The Morgan fingerprint density at radius 3 is 3.08 bits per heavy atom. The van der Waals surface area contributed by atoms with Crippen molar-refractivity contribution in [2.24, 2.45) is 0 Å². The van der Waals surface area contributed by atoms with Gasteiger partial charge in [0, 0.05) is 35.7 Å². The molecule has 0 aromatic carbocycles. The molecule has 0 saturated carbocycles. The van der Waals surface area contributed by atoms with Crippen molar-refractivity contribution in [2.45, 2.75) is 6.42 Å². The third-order valence-electron chi connectivity index (χ3n) is 1.37. The van der Waals surface area contributed by atoms with E-state index in [1.54, 1.807) is 12.3 Å². The van der Waals surface area contributed by atoms with Gasteiger partial charge in [0.25, 0.3) is 0 Å². The summed E-state index contributed by atoms with van der Waals surface area (Å²) in [5.41, 5.74) is 1.32. The van der Waals surface area contributed by atoms with Gasteiger partial charge in [-0.15, -0.1) is 0 Å². The third kappa shape index (κ3) is 3.30. The van der Waals surface area contributed by atoms with Crippen LogP contribution >= 0.6 is 12.6 Å². The summed E-state index contributed by atoms with van der Waals surface area (Å²) in [5, 5.41) is 0. The lowest BCUT2D eigenvalue weighted by Crippen LogP contribution is -1.84. The second-order valence-electron chi connectivity index (χ2n) is 2.40. The summed E-state index contributed by atoms with van der Waals surface area (Å²) in [4.78, 5) is 14.3. The van der Waals surface area contributed by atoms with Crippen LogP contribution < -0.4 is 0 Å². The SMILES string of the molecule is O=Cc1cncc(C#CCCS)c1. The molecule has 1 aromatic heterocycles. The number of carbonyl (C=O) groups is 1. The molecule has 0 amide bonds. The molecule has 3 heteroatoms. The lowest BCUT2D eigenvalue weighted by Gasteiger charge is -1.90. The maximum Gasteiger partial charge on any atom is 0.151 e. The van der Waals surface area contributed by atoms with Crippen molar-refractivity contribution in [3.63, 3.8) is 0 Å². The molecule has 1 rings (SSSR count). The normalized spacial score (nSPS) is 8.69. The standard InChI is InChI=1S/C10H9NOS/c12-8-10-5-9(6-11-7-10)3-1-2-4-13/h5-8,13H,2,4H2. The minimum absolute atomic E-state index is 0.553. The van der Waals surface area contributed by atoms with Gasteiger partial charge in [-0.3, -0.25) is 9.78 Å². The molecule has 66 valence electrons. The molecule has 2 nitrogen and oxygen atoms in total. The van der Waals surface area contributed by atoms with Crippen LogP contribution in [0.25, 0.3) is 0 Å². The summed E-state index contributed by atoms with van der Waals surface area (Å²) in [6.45, 7) is 0.